The Balaban J connectivity index is 1.57. The van der Waals surface area contributed by atoms with Crippen LogP contribution in [0.1, 0.15) is 112 Å². The van der Waals surface area contributed by atoms with Gasteiger partial charge in [0, 0.05) is 12.8 Å². The van der Waals surface area contributed by atoms with Crippen molar-refractivity contribution < 1.29 is 20.4 Å². The molecule has 3 aliphatic rings. The maximum Gasteiger partial charge on any atom is 0.0842 e. The molecule has 0 aromatic carbocycles. The van der Waals surface area contributed by atoms with E-state index in [1.807, 2.05) is 13.8 Å². The molecule has 4 unspecified atom stereocenters. The van der Waals surface area contributed by atoms with Gasteiger partial charge >= 0.3 is 0 Å². The molecule has 0 bridgehead atoms. The predicted molar refractivity (Wildman–Crippen MR) is 148 cm³/mol. The zero-order valence-corrected chi connectivity index (χ0v) is 23.7. The molecule has 3 saturated carbocycles. The van der Waals surface area contributed by atoms with Crippen LogP contribution in [0.4, 0.5) is 0 Å². The SMILES string of the molecule is C=C1CC(O)[C@H](O)CC1=CC=C1CCC[C@@]2(C)C1CC[C@@H]2[C@H](C)CCC(O)C(C)CCCC(C)(C)O. The lowest BCUT2D eigenvalue weighted by Crippen LogP contribution is -2.36. The Morgan fingerprint density at radius 3 is 2.44 bits per heavy atom. The fourth-order valence-corrected chi connectivity index (χ4v) is 7.60. The molecule has 0 heterocycles. The van der Waals surface area contributed by atoms with Crippen LogP contribution in [-0.4, -0.2) is 44.3 Å². The molecule has 8 atom stereocenters. The van der Waals surface area contributed by atoms with E-state index in [1.54, 1.807) is 5.57 Å². The van der Waals surface area contributed by atoms with Gasteiger partial charge in [-0.3, -0.25) is 0 Å². The van der Waals surface area contributed by atoms with Gasteiger partial charge < -0.3 is 20.4 Å². The van der Waals surface area contributed by atoms with Crippen LogP contribution >= 0.6 is 0 Å². The summed E-state index contributed by atoms with van der Waals surface area (Å²) in [4.78, 5) is 0. The van der Waals surface area contributed by atoms with Gasteiger partial charge in [-0.25, -0.2) is 0 Å². The van der Waals surface area contributed by atoms with Crippen molar-refractivity contribution in [3.63, 3.8) is 0 Å². The molecule has 206 valence electrons. The molecule has 0 radical (unpaired) electrons. The Labute approximate surface area is 220 Å². The molecule has 4 nitrogen and oxygen atoms in total. The molecule has 3 fully saturated rings. The molecule has 36 heavy (non-hydrogen) atoms. The number of rotatable bonds is 10. The third kappa shape index (κ3) is 7.34. The molecule has 3 rings (SSSR count). The van der Waals surface area contributed by atoms with Crippen molar-refractivity contribution in [3.8, 4) is 0 Å². The lowest BCUT2D eigenvalue weighted by atomic mass is 9.60. The molecule has 4 heteroatoms. The van der Waals surface area contributed by atoms with E-state index in [0.29, 0.717) is 36.0 Å². The summed E-state index contributed by atoms with van der Waals surface area (Å²) in [6.45, 7) is 14.9. The van der Waals surface area contributed by atoms with Crippen LogP contribution in [0, 0.1) is 29.1 Å². The zero-order chi connectivity index (χ0) is 26.7. The van der Waals surface area contributed by atoms with Gasteiger partial charge in [0.25, 0.3) is 0 Å². The number of hydrogen-bond donors (Lipinski definition) is 4. The van der Waals surface area contributed by atoms with Crippen LogP contribution in [0.3, 0.4) is 0 Å². The maximum absolute atomic E-state index is 10.8. The Morgan fingerprint density at radius 1 is 1.06 bits per heavy atom. The first-order valence-electron chi connectivity index (χ1n) is 14.7. The second-order valence-electron chi connectivity index (χ2n) is 13.5. The topological polar surface area (TPSA) is 80.9 Å². The van der Waals surface area contributed by atoms with E-state index >= 15 is 0 Å². The first-order chi connectivity index (χ1) is 16.8. The standard InChI is InChI=1S/C32H54O4/c1-21(11-16-28(33)22(2)9-7-17-31(4,5)36)26-14-15-27-24(10-8-18-32(26,27)6)12-13-25-20-30(35)29(34)19-23(25)3/h12-13,21-22,26-30,33-36H,3,7-11,14-20H2,1-2,4-6H3/t21-,22?,26-,27?,28?,29?,30-,32-/m1/s1. The van der Waals surface area contributed by atoms with Crippen molar-refractivity contribution in [2.24, 2.45) is 29.1 Å². The van der Waals surface area contributed by atoms with Crippen LogP contribution in [-0.2, 0) is 0 Å². The molecule has 0 aromatic rings. The summed E-state index contributed by atoms with van der Waals surface area (Å²) >= 11 is 0. The van der Waals surface area contributed by atoms with Crippen LogP contribution in [0.5, 0.6) is 0 Å². The molecule has 0 amide bonds. The lowest BCUT2D eigenvalue weighted by molar-refractivity contribution is 0.0138. The average Bonchev–Trinajstić information content (AvgIpc) is 3.15. The van der Waals surface area contributed by atoms with Crippen molar-refractivity contribution in [1.82, 2.24) is 0 Å². The highest BCUT2D eigenvalue weighted by molar-refractivity contribution is 5.37. The summed E-state index contributed by atoms with van der Waals surface area (Å²) in [6.07, 6.45) is 14.6. The maximum atomic E-state index is 10.8. The molecule has 0 aromatic heterocycles. The second-order valence-corrected chi connectivity index (χ2v) is 13.5. The molecule has 0 aliphatic heterocycles. The number of allylic oxidation sites excluding steroid dienone is 3. The lowest BCUT2D eigenvalue weighted by Gasteiger charge is -2.44. The summed E-state index contributed by atoms with van der Waals surface area (Å²) in [5, 5.41) is 40.8. The number of fused-ring (bicyclic) bond motifs is 1. The van der Waals surface area contributed by atoms with Gasteiger partial charge in [-0.1, -0.05) is 51.5 Å². The van der Waals surface area contributed by atoms with E-state index in [9.17, 15) is 20.4 Å². The van der Waals surface area contributed by atoms with Gasteiger partial charge in [0.15, 0.2) is 0 Å². The average molecular weight is 503 g/mol. The van der Waals surface area contributed by atoms with Crippen LogP contribution in [0.25, 0.3) is 0 Å². The van der Waals surface area contributed by atoms with Crippen LogP contribution < -0.4 is 0 Å². The molecule has 0 saturated heterocycles. The summed E-state index contributed by atoms with van der Waals surface area (Å²) in [6, 6.07) is 0. The summed E-state index contributed by atoms with van der Waals surface area (Å²) in [5.41, 5.74) is 3.30. The van der Waals surface area contributed by atoms with Gasteiger partial charge in [0.05, 0.1) is 23.9 Å². The van der Waals surface area contributed by atoms with Gasteiger partial charge in [-0.05, 0) is 112 Å². The van der Waals surface area contributed by atoms with E-state index < -0.39 is 17.8 Å². The first kappa shape index (κ1) is 29.6. The number of aliphatic hydroxyl groups excluding tert-OH is 3. The quantitative estimate of drug-likeness (QED) is 0.275. The smallest absolute Gasteiger partial charge is 0.0842 e. The monoisotopic (exact) mass is 502 g/mol. The molecule has 3 aliphatic carbocycles. The third-order valence-electron chi connectivity index (χ3n) is 10.0. The van der Waals surface area contributed by atoms with Gasteiger partial charge in [-0.15, -0.1) is 0 Å². The fraction of sp³-hybridized carbons (Fsp3) is 0.812. The van der Waals surface area contributed by atoms with Crippen LogP contribution in [0.2, 0.25) is 0 Å². The van der Waals surface area contributed by atoms with Crippen molar-refractivity contribution in [2.75, 3.05) is 0 Å². The van der Waals surface area contributed by atoms with Crippen molar-refractivity contribution in [3.05, 3.63) is 35.5 Å². The van der Waals surface area contributed by atoms with E-state index in [4.69, 9.17) is 0 Å². The zero-order valence-electron chi connectivity index (χ0n) is 23.7. The van der Waals surface area contributed by atoms with E-state index in [0.717, 1.165) is 49.7 Å². The fourth-order valence-electron chi connectivity index (χ4n) is 7.60. The molecule has 0 spiro atoms. The largest absolute Gasteiger partial charge is 0.393 e. The summed E-state index contributed by atoms with van der Waals surface area (Å²) < 4.78 is 0. The Morgan fingerprint density at radius 2 is 1.75 bits per heavy atom. The summed E-state index contributed by atoms with van der Waals surface area (Å²) in [5.74, 6) is 2.19. The molecular formula is C32H54O4. The van der Waals surface area contributed by atoms with Crippen molar-refractivity contribution >= 4 is 0 Å². The van der Waals surface area contributed by atoms with E-state index in [-0.39, 0.29) is 12.0 Å². The van der Waals surface area contributed by atoms with Gasteiger partial charge in [0.2, 0.25) is 0 Å². The second kappa shape index (κ2) is 12.3. The Bertz CT molecular complexity index is 805. The highest BCUT2D eigenvalue weighted by atomic mass is 16.3. The minimum Gasteiger partial charge on any atom is -0.393 e. The van der Waals surface area contributed by atoms with Crippen LogP contribution in [0.15, 0.2) is 35.5 Å². The predicted octanol–water partition coefficient (Wildman–Crippen LogP) is 6.48. The van der Waals surface area contributed by atoms with E-state index in [2.05, 4.69) is 39.5 Å². The Hall–Kier alpha value is -0.940. The highest BCUT2D eigenvalue weighted by Gasteiger charge is 2.50. The summed E-state index contributed by atoms with van der Waals surface area (Å²) in [7, 11) is 0. The van der Waals surface area contributed by atoms with Crippen molar-refractivity contribution in [2.45, 2.75) is 136 Å². The first-order valence-corrected chi connectivity index (χ1v) is 14.7. The normalized spacial score (nSPS) is 36.2. The Kier molecular flexibility index (Phi) is 10.1. The number of aliphatic hydroxyl groups is 4. The minimum atomic E-state index is -0.688. The molecular weight excluding hydrogens is 448 g/mol. The third-order valence-corrected chi connectivity index (χ3v) is 10.0. The highest BCUT2D eigenvalue weighted by Crippen LogP contribution is 2.60. The minimum absolute atomic E-state index is 0.259. The van der Waals surface area contributed by atoms with E-state index in [1.165, 1.54) is 25.7 Å². The van der Waals surface area contributed by atoms with Gasteiger partial charge in [-0.2, -0.15) is 0 Å². The molecule has 4 N–H and O–H groups in total. The van der Waals surface area contributed by atoms with Gasteiger partial charge in [0.1, 0.15) is 0 Å². The van der Waals surface area contributed by atoms with Crippen molar-refractivity contribution in [1.29, 1.82) is 0 Å². The number of hydrogen-bond acceptors (Lipinski definition) is 4.